The first-order valence-corrected chi connectivity index (χ1v) is 5.64. The highest BCUT2D eigenvalue weighted by molar-refractivity contribution is 5.87. The molecule has 0 spiro atoms. The Bertz CT molecular complexity index is 447. The lowest BCUT2D eigenvalue weighted by Crippen LogP contribution is -2.23. The van der Waals surface area contributed by atoms with Crippen molar-refractivity contribution < 1.29 is 13.6 Å². The summed E-state index contributed by atoms with van der Waals surface area (Å²) in [7, 11) is 0. The van der Waals surface area contributed by atoms with Gasteiger partial charge in [-0.1, -0.05) is 18.2 Å². The smallest absolute Gasteiger partial charge is 0.243 e. The predicted molar refractivity (Wildman–Crippen MR) is 67.0 cm³/mol. The Morgan fingerprint density at radius 3 is 2.50 bits per heavy atom. The molecule has 0 fully saturated rings. The van der Waals surface area contributed by atoms with Gasteiger partial charge in [-0.3, -0.25) is 4.79 Å². The fourth-order valence-electron chi connectivity index (χ4n) is 1.40. The highest BCUT2D eigenvalue weighted by atomic mass is 19.1. The van der Waals surface area contributed by atoms with Gasteiger partial charge in [-0.15, -0.1) is 0 Å². The SMILES string of the molecule is CC=CC=CC(=O)NCCc1cc(F)cc(F)c1. The summed E-state index contributed by atoms with van der Waals surface area (Å²) in [6, 6.07) is 3.33. The first kappa shape index (κ1) is 14.1. The number of amides is 1. The van der Waals surface area contributed by atoms with E-state index in [4.69, 9.17) is 0 Å². The zero-order valence-corrected chi connectivity index (χ0v) is 10.1. The van der Waals surface area contributed by atoms with Gasteiger partial charge < -0.3 is 5.32 Å². The second kappa shape index (κ2) is 7.37. The molecule has 0 saturated heterocycles. The number of hydrogen-bond acceptors (Lipinski definition) is 1. The quantitative estimate of drug-likeness (QED) is 0.632. The Hall–Kier alpha value is -1.97. The van der Waals surface area contributed by atoms with Gasteiger partial charge in [0.25, 0.3) is 0 Å². The van der Waals surface area contributed by atoms with E-state index in [1.165, 1.54) is 18.2 Å². The van der Waals surface area contributed by atoms with Crippen LogP contribution in [0.2, 0.25) is 0 Å². The van der Waals surface area contributed by atoms with Crippen LogP contribution in [0.5, 0.6) is 0 Å². The monoisotopic (exact) mass is 251 g/mol. The molecule has 0 aliphatic heterocycles. The minimum absolute atomic E-state index is 0.232. The van der Waals surface area contributed by atoms with Crippen LogP contribution in [0.4, 0.5) is 8.78 Å². The van der Waals surface area contributed by atoms with Crippen LogP contribution in [0, 0.1) is 11.6 Å². The van der Waals surface area contributed by atoms with Gasteiger partial charge in [-0.05, 0) is 31.0 Å². The van der Waals surface area contributed by atoms with Crippen LogP contribution in [0.3, 0.4) is 0 Å². The molecular formula is C14H15F2NO. The van der Waals surface area contributed by atoms with E-state index in [-0.39, 0.29) is 5.91 Å². The second-order valence-electron chi connectivity index (χ2n) is 3.70. The molecular weight excluding hydrogens is 236 g/mol. The van der Waals surface area contributed by atoms with Crippen molar-refractivity contribution in [2.75, 3.05) is 6.54 Å². The summed E-state index contributed by atoms with van der Waals surface area (Å²) in [6.07, 6.45) is 6.95. The van der Waals surface area contributed by atoms with Gasteiger partial charge in [0.05, 0.1) is 0 Å². The van der Waals surface area contributed by atoms with E-state index in [1.54, 1.807) is 18.2 Å². The van der Waals surface area contributed by atoms with Gasteiger partial charge in [0.15, 0.2) is 0 Å². The van der Waals surface area contributed by atoms with E-state index < -0.39 is 11.6 Å². The van der Waals surface area contributed by atoms with E-state index in [9.17, 15) is 13.6 Å². The van der Waals surface area contributed by atoms with Gasteiger partial charge in [0.2, 0.25) is 5.91 Å². The molecule has 0 radical (unpaired) electrons. The number of carbonyl (C=O) groups is 1. The number of nitrogens with one attached hydrogen (secondary N) is 1. The summed E-state index contributed by atoms with van der Waals surface area (Å²) in [6.45, 7) is 2.18. The minimum Gasteiger partial charge on any atom is -0.352 e. The van der Waals surface area contributed by atoms with Crippen molar-refractivity contribution in [3.05, 3.63) is 59.7 Å². The standard InChI is InChI=1S/C14H15F2NO/c1-2-3-4-5-14(18)17-7-6-11-8-12(15)10-13(16)9-11/h2-5,8-10H,6-7H2,1H3,(H,17,18). The van der Waals surface area contributed by atoms with Crippen molar-refractivity contribution in [3.63, 3.8) is 0 Å². The number of carbonyl (C=O) groups excluding carboxylic acids is 1. The molecule has 0 saturated carbocycles. The highest BCUT2D eigenvalue weighted by Gasteiger charge is 2.01. The van der Waals surface area contributed by atoms with Gasteiger partial charge >= 0.3 is 0 Å². The maximum Gasteiger partial charge on any atom is 0.243 e. The molecule has 0 aliphatic rings. The van der Waals surface area contributed by atoms with Crippen molar-refractivity contribution in [1.29, 1.82) is 0 Å². The summed E-state index contributed by atoms with van der Waals surface area (Å²) < 4.78 is 25.7. The van der Waals surface area contributed by atoms with E-state index in [0.29, 0.717) is 18.5 Å². The van der Waals surface area contributed by atoms with Gasteiger partial charge in [0.1, 0.15) is 11.6 Å². The van der Waals surface area contributed by atoms with Crippen LogP contribution in [0.25, 0.3) is 0 Å². The molecule has 1 amide bonds. The Balaban J connectivity index is 2.39. The van der Waals surface area contributed by atoms with Crippen LogP contribution in [0.15, 0.2) is 42.5 Å². The maximum absolute atomic E-state index is 12.9. The summed E-state index contributed by atoms with van der Waals surface area (Å²) in [5.74, 6) is -1.45. The number of benzene rings is 1. The maximum atomic E-state index is 12.9. The lowest BCUT2D eigenvalue weighted by atomic mass is 10.1. The lowest BCUT2D eigenvalue weighted by Gasteiger charge is -2.03. The molecule has 2 nitrogen and oxygen atoms in total. The zero-order valence-electron chi connectivity index (χ0n) is 10.1. The first-order chi connectivity index (χ1) is 8.61. The number of hydrogen-bond donors (Lipinski definition) is 1. The van der Waals surface area contributed by atoms with E-state index in [0.717, 1.165) is 6.07 Å². The highest BCUT2D eigenvalue weighted by Crippen LogP contribution is 2.07. The van der Waals surface area contributed by atoms with E-state index >= 15 is 0 Å². The molecule has 1 aromatic rings. The topological polar surface area (TPSA) is 29.1 Å². The molecule has 96 valence electrons. The molecule has 0 aliphatic carbocycles. The Kier molecular flexibility index (Phi) is 5.77. The fourth-order valence-corrected chi connectivity index (χ4v) is 1.40. The van der Waals surface area contributed by atoms with Crippen molar-refractivity contribution in [2.45, 2.75) is 13.3 Å². The molecule has 0 aromatic heterocycles. The predicted octanol–water partition coefficient (Wildman–Crippen LogP) is 2.76. The summed E-state index contributed by atoms with van der Waals surface area (Å²) in [5, 5.41) is 2.62. The average Bonchev–Trinajstić information content (AvgIpc) is 2.28. The van der Waals surface area contributed by atoms with Crippen LogP contribution in [0.1, 0.15) is 12.5 Å². The van der Waals surface area contributed by atoms with Crippen LogP contribution in [-0.2, 0) is 11.2 Å². The Labute approximate surface area is 105 Å². The van der Waals surface area contributed by atoms with E-state index in [1.807, 2.05) is 6.92 Å². The molecule has 18 heavy (non-hydrogen) atoms. The minimum atomic E-state index is -0.607. The third kappa shape index (κ3) is 5.39. The van der Waals surface area contributed by atoms with Crippen LogP contribution >= 0.6 is 0 Å². The molecule has 1 N–H and O–H groups in total. The molecule has 0 bridgehead atoms. The Morgan fingerprint density at radius 2 is 1.89 bits per heavy atom. The lowest BCUT2D eigenvalue weighted by molar-refractivity contribution is -0.116. The van der Waals surface area contributed by atoms with Gasteiger partial charge in [0, 0.05) is 18.7 Å². The molecule has 0 heterocycles. The summed E-state index contributed by atoms with van der Waals surface area (Å²) >= 11 is 0. The second-order valence-corrected chi connectivity index (χ2v) is 3.70. The van der Waals surface area contributed by atoms with Crippen molar-refractivity contribution in [3.8, 4) is 0 Å². The fraction of sp³-hybridized carbons (Fsp3) is 0.214. The van der Waals surface area contributed by atoms with Crippen LogP contribution in [-0.4, -0.2) is 12.5 Å². The largest absolute Gasteiger partial charge is 0.352 e. The number of rotatable bonds is 5. The average molecular weight is 251 g/mol. The first-order valence-electron chi connectivity index (χ1n) is 5.64. The van der Waals surface area contributed by atoms with Gasteiger partial charge in [-0.2, -0.15) is 0 Å². The number of allylic oxidation sites excluding steroid dienone is 3. The summed E-state index contributed by atoms with van der Waals surface area (Å²) in [4.78, 5) is 11.3. The van der Waals surface area contributed by atoms with Crippen molar-refractivity contribution in [1.82, 2.24) is 5.32 Å². The normalized spacial score (nSPS) is 11.3. The van der Waals surface area contributed by atoms with Crippen LogP contribution < -0.4 is 5.32 Å². The zero-order chi connectivity index (χ0) is 13.4. The molecule has 0 unspecified atom stereocenters. The van der Waals surface area contributed by atoms with E-state index in [2.05, 4.69) is 5.32 Å². The summed E-state index contributed by atoms with van der Waals surface area (Å²) in [5.41, 5.74) is 0.519. The third-order valence-corrected chi connectivity index (χ3v) is 2.19. The van der Waals surface area contributed by atoms with Crippen molar-refractivity contribution >= 4 is 5.91 Å². The molecule has 4 heteroatoms. The molecule has 1 rings (SSSR count). The third-order valence-electron chi connectivity index (χ3n) is 2.19. The molecule has 1 aromatic carbocycles. The number of halogens is 2. The molecule has 0 atom stereocenters. The Morgan fingerprint density at radius 1 is 1.22 bits per heavy atom. The van der Waals surface area contributed by atoms with Gasteiger partial charge in [-0.25, -0.2) is 8.78 Å². The van der Waals surface area contributed by atoms with Crippen molar-refractivity contribution in [2.24, 2.45) is 0 Å².